The normalized spacial score (nSPS) is 19.5. The van der Waals surface area contributed by atoms with Gasteiger partial charge in [0.2, 0.25) is 10.0 Å². The monoisotopic (exact) mass is 369 g/mol. The number of piperazine rings is 1. The minimum atomic E-state index is -3.86. The minimum absolute atomic E-state index is 0. The molecule has 0 bridgehead atoms. The third kappa shape index (κ3) is 3.52. The van der Waals surface area contributed by atoms with E-state index in [9.17, 15) is 18.5 Å². The molecule has 1 unspecified atom stereocenters. The van der Waals surface area contributed by atoms with Gasteiger partial charge in [-0.3, -0.25) is 10.1 Å². The number of nitro groups is 1. The van der Waals surface area contributed by atoms with Gasteiger partial charge in [-0.25, -0.2) is 8.42 Å². The quantitative estimate of drug-likeness (QED) is 0.649. The molecule has 0 radical (unpaired) electrons. The first kappa shape index (κ1) is 19.1. The highest BCUT2D eigenvalue weighted by Gasteiger charge is 2.34. The van der Waals surface area contributed by atoms with Gasteiger partial charge in [-0.1, -0.05) is 11.6 Å². The van der Waals surface area contributed by atoms with E-state index in [0.717, 1.165) is 0 Å². The van der Waals surface area contributed by atoms with Crippen LogP contribution in [0.3, 0.4) is 0 Å². The Morgan fingerprint density at radius 3 is 2.64 bits per heavy atom. The Labute approximate surface area is 140 Å². The van der Waals surface area contributed by atoms with E-state index in [2.05, 4.69) is 5.32 Å². The molecule has 22 heavy (non-hydrogen) atoms. The van der Waals surface area contributed by atoms with Crippen LogP contribution in [0.4, 0.5) is 5.69 Å². The number of nitrogens with zero attached hydrogens (tertiary/aromatic N) is 2. The lowest BCUT2D eigenvalue weighted by atomic mass is 10.2. The van der Waals surface area contributed by atoms with Gasteiger partial charge in [-0.15, -0.1) is 12.4 Å². The maximum absolute atomic E-state index is 12.7. The van der Waals surface area contributed by atoms with Crippen molar-refractivity contribution in [2.45, 2.75) is 24.8 Å². The third-order valence-electron chi connectivity index (χ3n) is 3.39. The largest absolute Gasteiger partial charge is 0.314 e. The molecule has 124 valence electrons. The van der Waals surface area contributed by atoms with Crippen LogP contribution >= 0.6 is 24.0 Å². The smallest absolute Gasteiger partial charge is 0.289 e. The first-order valence-electron chi connectivity index (χ1n) is 6.42. The highest BCUT2D eigenvalue weighted by Crippen LogP contribution is 2.34. The van der Waals surface area contributed by atoms with Crippen LogP contribution in [0.1, 0.15) is 12.5 Å². The number of rotatable bonds is 3. The fraction of sp³-hybridized carbons (Fsp3) is 0.500. The molecule has 1 fully saturated rings. The number of hydrogen-bond donors (Lipinski definition) is 1. The molecule has 0 saturated carbocycles. The number of hydrogen-bond acceptors (Lipinski definition) is 5. The van der Waals surface area contributed by atoms with E-state index in [1.54, 1.807) is 13.8 Å². The lowest BCUT2D eigenvalue weighted by Crippen LogP contribution is -2.52. The van der Waals surface area contributed by atoms with Crippen LogP contribution < -0.4 is 5.32 Å². The van der Waals surface area contributed by atoms with Gasteiger partial charge < -0.3 is 5.32 Å². The molecule has 0 aromatic heterocycles. The maximum Gasteiger partial charge on any atom is 0.289 e. The van der Waals surface area contributed by atoms with Crippen molar-refractivity contribution in [1.29, 1.82) is 0 Å². The lowest BCUT2D eigenvalue weighted by Gasteiger charge is -2.33. The van der Waals surface area contributed by atoms with Gasteiger partial charge in [0.1, 0.15) is 9.92 Å². The van der Waals surface area contributed by atoms with Crippen LogP contribution in [0.5, 0.6) is 0 Å². The summed E-state index contributed by atoms with van der Waals surface area (Å²) in [5, 5.41) is 13.8. The van der Waals surface area contributed by atoms with Crippen molar-refractivity contribution >= 4 is 39.7 Å². The summed E-state index contributed by atoms with van der Waals surface area (Å²) in [6, 6.07) is 2.40. The summed E-state index contributed by atoms with van der Waals surface area (Å²) in [5.74, 6) is 0. The Hall–Kier alpha value is -0.930. The van der Waals surface area contributed by atoms with Crippen molar-refractivity contribution in [3.05, 3.63) is 32.8 Å². The summed E-state index contributed by atoms with van der Waals surface area (Å²) in [5.41, 5.74) is 0.0884. The SMILES string of the molecule is Cc1cc([N+](=O)[O-])c(Cl)c(S(=O)(=O)N2CCNCC2C)c1.Cl. The summed E-state index contributed by atoms with van der Waals surface area (Å²) >= 11 is 5.96. The molecule has 1 N–H and O–H groups in total. The Balaban J connectivity index is 0.00000242. The van der Waals surface area contributed by atoms with Crippen molar-refractivity contribution in [1.82, 2.24) is 9.62 Å². The van der Waals surface area contributed by atoms with E-state index < -0.39 is 20.6 Å². The maximum atomic E-state index is 12.7. The second-order valence-electron chi connectivity index (χ2n) is 5.02. The van der Waals surface area contributed by atoms with Gasteiger partial charge in [-0.05, 0) is 25.5 Å². The third-order valence-corrected chi connectivity index (χ3v) is 5.94. The van der Waals surface area contributed by atoms with E-state index in [1.807, 2.05) is 0 Å². The average Bonchev–Trinajstić information content (AvgIpc) is 2.40. The molecule has 10 heteroatoms. The predicted molar refractivity (Wildman–Crippen MR) is 86.3 cm³/mol. The minimum Gasteiger partial charge on any atom is -0.314 e. The number of nitrogens with one attached hydrogen (secondary N) is 1. The predicted octanol–water partition coefficient (Wildman–Crippen LogP) is 1.96. The Morgan fingerprint density at radius 2 is 2.09 bits per heavy atom. The summed E-state index contributed by atoms with van der Waals surface area (Å²) in [4.78, 5) is 10.1. The molecule has 1 aromatic rings. The fourth-order valence-electron chi connectivity index (χ4n) is 2.34. The van der Waals surface area contributed by atoms with Gasteiger partial charge in [0.05, 0.1) is 4.92 Å². The van der Waals surface area contributed by atoms with Crippen molar-refractivity contribution in [3.8, 4) is 0 Å². The lowest BCUT2D eigenvalue weighted by molar-refractivity contribution is -0.385. The van der Waals surface area contributed by atoms with Crippen LogP contribution in [0.25, 0.3) is 0 Å². The second-order valence-corrected chi connectivity index (χ2v) is 7.26. The molecule has 0 aliphatic carbocycles. The molecule has 2 rings (SSSR count). The Kier molecular flexibility index (Phi) is 6.17. The van der Waals surface area contributed by atoms with Crippen LogP contribution in [0.2, 0.25) is 5.02 Å². The molecule has 7 nitrogen and oxygen atoms in total. The van der Waals surface area contributed by atoms with Gasteiger partial charge in [-0.2, -0.15) is 4.31 Å². The molecular weight excluding hydrogens is 353 g/mol. The molecule has 1 atom stereocenters. The standard InChI is InChI=1S/C12H16ClN3O4S.ClH/c1-8-5-10(16(17)18)12(13)11(6-8)21(19,20)15-4-3-14-7-9(15)2;/h5-6,9,14H,3-4,7H2,1-2H3;1H. The summed E-state index contributed by atoms with van der Waals surface area (Å²) in [6.45, 7) is 4.76. The van der Waals surface area contributed by atoms with Crippen LogP contribution in [-0.4, -0.2) is 43.3 Å². The van der Waals surface area contributed by atoms with E-state index in [-0.39, 0.29) is 28.4 Å². The van der Waals surface area contributed by atoms with Crippen LogP contribution in [0.15, 0.2) is 17.0 Å². The number of benzene rings is 1. The molecule has 0 spiro atoms. The Morgan fingerprint density at radius 1 is 1.45 bits per heavy atom. The number of nitro benzene ring substituents is 1. The van der Waals surface area contributed by atoms with Gasteiger partial charge in [0.15, 0.2) is 0 Å². The molecular formula is C12H17Cl2N3O4S. The molecule has 1 aromatic carbocycles. The van der Waals surface area contributed by atoms with Crippen molar-refractivity contribution < 1.29 is 13.3 Å². The Bertz CT molecular complexity index is 681. The summed E-state index contributed by atoms with van der Waals surface area (Å²) in [6.07, 6.45) is 0. The van der Waals surface area contributed by atoms with E-state index >= 15 is 0 Å². The van der Waals surface area contributed by atoms with Crippen LogP contribution in [-0.2, 0) is 10.0 Å². The fourth-order valence-corrected chi connectivity index (χ4v) is 4.61. The topological polar surface area (TPSA) is 92.5 Å². The average molecular weight is 370 g/mol. The van der Waals surface area contributed by atoms with E-state index in [1.165, 1.54) is 16.4 Å². The molecule has 1 saturated heterocycles. The molecule has 1 heterocycles. The highest BCUT2D eigenvalue weighted by molar-refractivity contribution is 7.89. The first-order valence-corrected chi connectivity index (χ1v) is 8.24. The molecule has 1 aliphatic rings. The number of aryl methyl sites for hydroxylation is 1. The highest BCUT2D eigenvalue weighted by atomic mass is 35.5. The zero-order chi connectivity index (χ0) is 15.8. The van der Waals surface area contributed by atoms with Gasteiger partial charge in [0.25, 0.3) is 5.69 Å². The molecule has 0 amide bonds. The van der Waals surface area contributed by atoms with Crippen molar-refractivity contribution in [2.24, 2.45) is 0 Å². The van der Waals surface area contributed by atoms with Gasteiger partial charge in [0, 0.05) is 31.7 Å². The molecule has 1 aliphatic heterocycles. The van der Waals surface area contributed by atoms with Gasteiger partial charge >= 0.3 is 0 Å². The van der Waals surface area contributed by atoms with Crippen LogP contribution in [0, 0.1) is 17.0 Å². The summed E-state index contributed by atoms with van der Waals surface area (Å²) < 4.78 is 26.8. The van der Waals surface area contributed by atoms with Crippen molar-refractivity contribution in [3.63, 3.8) is 0 Å². The van der Waals surface area contributed by atoms with Crippen molar-refractivity contribution in [2.75, 3.05) is 19.6 Å². The summed E-state index contributed by atoms with van der Waals surface area (Å²) in [7, 11) is -3.86. The van der Waals surface area contributed by atoms with E-state index in [4.69, 9.17) is 11.6 Å². The zero-order valence-electron chi connectivity index (χ0n) is 12.1. The first-order chi connectivity index (χ1) is 9.75. The number of sulfonamides is 1. The second kappa shape index (κ2) is 7.10. The number of halogens is 2. The van der Waals surface area contributed by atoms with E-state index in [0.29, 0.717) is 25.2 Å². The zero-order valence-corrected chi connectivity index (χ0v) is 14.5.